The molecule has 2 aromatic carbocycles. The number of para-hydroxylation sites is 1. The molecule has 2 saturated carbocycles. The average Bonchev–Trinajstić information content (AvgIpc) is 3.35. The smallest absolute Gasteiger partial charge is 0.347 e. The maximum Gasteiger partial charge on any atom is 0.347 e. The van der Waals surface area contributed by atoms with E-state index in [0.717, 1.165) is 43.0 Å². The molecule has 0 N–H and O–H groups in total. The van der Waals surface area contributed by atoms with Gasteiger partial charge in [-0.25, -0.2) is 4.79 Å². The first-order valence-electron chi connectivity index (χ1n) is 10.6. The van der Waals surface area contributed by atoms with Crippen molar-refractivity contribution in [1.82, 2.24) is 9.78 Å². The van der Waals surface area contributed by atoms with Crippen molar-refractivity contribution in [3.63, 3.8) is 0 Å². The van der Waals surface area contributed by atoms with E-state index in [1.165, 1.54) is 0 Å². The predicted molar refractivity (Wildman–Crippen MR) is 111 cm³/mol. The number of nitrogens with zero attached hydrogens (tertiary/aromatic N) is 2. The van der Waals surface area contributed by atoms with Gasteiger partial charge in [-0.2, -0.15) is 5.10 Å². The second-order valence-corrected chi connectivity index (χ2v) is 9.17. The lowest BCUT2D eigenvalue weighted by atomic mass is 9.69. The number of esters is 1. The Balaban J connectivity index is 1.37. The van der Waals surface area contributed by atoms with Crippen molar-refractivity contribution in [3.8, 4) is 11.5 Å². The zero-order valence-corrected chi connectivity index (χ0v) is 17.0. The molecule has 2 bridgehead atoms. The minimum Gasteiger partial charge on any atom is -0.489 e. The first-order chi connectivity index (χ1) is 14.5. The van der Waals surface area contributed by atoms with E-state index in [4.69, 9.17) is 19.3 Å². The van der Waals surface area contributed by atoms with Gasteiger partial charge < -0.3 is 14.2 Å². The van der Waals surface area contributed by atoms with Gasteiger partial charge in [-0.05, 0) is 44.4 Å². The third-order valence-electron chi connectivity index (χ3n) is 6.71. The summed E-state index contributed by atoms with van der Waals surface area (Å²) in [5.74, 6) is 0.657. The Bertz CT molecular complexity index is 1130. The van der Waals surface area contributed by atoms with Crippen LogP contribution in [0.15, 0.2) is 48.7 Å². The summed E-state index contributed by atoms with van der Waals surface area (Å²) in [6, 6.07) is 12.9. The van der Waals surface area contributed by atoms with Gasteiger partial charge >= 0.3 is 5.97 Å². The molecule has 3 aromatic rings. The highest BCUT2D eigenvalue weighted by molar-refractivity contribution is 5.98. The number of ether oxygens (including phenoxy) is 3. The van der Waals surface area contributed by atoms with Crippen molar-refractivity contribution in [2.75, 3.05) is 6.61 Å². The molecule has 2 aliphatic heterocycles. The van der Waals surface area contributed by atoms with Crippen molar-refractivity contribution in [2.24, 2.45) is 0 Å². The van der Waals surface area contributed by atoms with Crippen LogP contribution in [0.4, 0.5) is 0 Å². The number of hydrogen-bond donors (Lipinski definition) is 0. The quantitative estimate of drug-likeness (QED) is 0.464. The average molecular weight is 404 g/mol. The summed E-state index contributed by atoms with van der Waals surface area (Å²) < 4.78 is 19.7. The van der Waals surface area contributed by atoms with E-state index in [2.05, 4.69) is 6.92 Å². The van der Waals surface area contributed by atoms with Crippen LogP contribution in [-0.2, 0) is 10.3 Å². The third-order valence-corrected chi connectivity index (χ3v) is 6.71. The van der Waals surface area contributed by atoms with Gasteiger partial charge in [-0.15, -0.1) is 0 Å². The van der Waals surface area contributed by atoms with E-state index in [9.17, 15) is 4.79 Å². The molecular formula is C24H24N2O4. The molecule has 1 aromatic heterocycles. The number of aromatic nitrogens is 2. The first kappa shape index (κ1) is 18.0. The number of fused-ring (bicyclic) bond motifs is 2. The molecule has 3 heterocycles. The molecule has 2 saturated heterocycles. The maximum atomic E-state index is 13.0. The van der Waals surface area contributed by atoms with Crippen molar-refractivity contribution >= 4 is 16.9 Å². The summed E-state index contributed by atoms with van der Waals surface area (Å²) in [5, 5.41) is 5.74. The fourth-order valence-corrected chi connectivity index (χ4v) is 4.95. The van der Waals surface area contributed by atoms with E-state index in [0.29, 0.717) is 23.7 Å². The van der Waals surface area contributed by atoms with Gasteiger partial charge in [0.2, 0.25) is 0 Å². The summed E-state index contributed by atoms with van der Waals surface area (Å²) in [4.78, 5) is 13.0. The Labute approximate surface area is 174 Å². The van der Waals surface area contributed by atoms with E-state index in [-0.39, 0.29) is 17.2 Å². The number of benzene rings is 2. The molecule has 154 valence electrons. The lowest BCUT2D eigenvalue weighted by Gasteiger charge is -2.42. The van der Waals surface area contributed by atoms with E-state index < -0.39 is 5.97 Å². The van der Waals surface area contributed by atoms with Crippen LogP contribution in [0.1, 0.15) is 49.4 Å². The minimum absolute atomic E-state index is 0.0126. The number of hydrogen-bond acceptors (Lipinski definition) is 5. The summed E-state index contributed by atoms with van der Waals surface area (Å²) in [6.07, 6.45) is 7.31. The fraction of sp³-hybridized carbons (Fsp3) is 0.417. The van der Waals surface area contributed by atoms with Gasteiger partial charge in [0.05, 0.1) is 29.4 Å². The molecule has 0 spiro atoms. The molecule has 6 nitrogen and oxygen atoms in total. The molecule has 6 heteroatoms. The Morgan fingerprint density at radius 3 is 2.67 bits per heavy atom. The molecule has 0 amide bonds. The Morgan fingerprint density at radius 1 is 1.20 bits per heavy atom. The van der Waals surface area contributed by atoms with Gasteiger partial charge in [0, 0.05) is 30.5 Å². The van der Waals surface area contributed by atoms with Gasteiger partial charge in [0.1, 0.15) is 17.1 Å². The highest BCUT2D eigenvalue weighted by Crippen LogP contribution is 2.55. The summed E-state index contributed by atoms with van der Waals surface area (Å²) in [7, 11) is 0. The Morgan fingerprint density at radius 2 is 2.00 bits per heavy atom. The van der Waals surface area contributed by atoms with Gasteiger partial charge in [-0.1, -0.05) is 18.2 Å². The Kier molecular flexibility index (Phi) is 3.78. The summed E-state index contributed by atoms with van der Waals surface area (Å²) >= 11 is 0. The summed E-state index contributed by atoms with van der Waals surface area (Å²) in [5.41, 5.74) is 1.20. The minimum atomic E-state index is -0.413. The topological polar surface area (TPSA) is 62.6 Å². The van der Waals surface area contributed by atoms with Crippen LogP contribution < -0.4 is 9.47 Å². The normalized spacial score (nSPS) is 27.5. The van der Waals surface area contributed by atoms with Crippen molar-refractivity contribution in [1.29, 1.82) is 0 Å². The molecule has 2 aliphatic carbocycles. The van der Waals surface area contributed by atoms with Crippen LogP contribution in [0, 0.1) is 0 Å². The number of carbonyl (C=O) groups excluding carboxylic acids is 1. The zero-order chi connectivity index (χ0) is 20.3. The van der Waals surface area contributed by atoms with E-state index in [1.807, 2.05) is 41.2 Å². The van der Waals surface area contributed by atoms with Crippen LogP contribution in [-0.4, -0.2) is 34.1 Å². The predicted octanol–water partition coefficient (Wildman–Crippen LogP) is 4.46. The third kappa shape index (κ3) is 2.82. The highest BCUT2D eigenvalue weighted by atomic mass is 16.5. The number of carbonyl (C=O) groups is 1. The lowest BCUT2D eigenvalue weighted by molar-refractivity contribution is 0.00383. The largest absolute Gasteiger partial charge is 0.489 e. The highest BCUT2D eigenvalue weighted by Gasteiger charge is 2.61. The molecular weight excluding hydrogens is 380 g/mol. The molecule has 0 unspecified atom stereocenters. The van der Waals surface area contributed by atoms with Crippen molar-refractivity contribution in [2.45, 2.75) is 56.3 Å². The van der Waals surface area contributed by atoms with Gasteiger partial charge in [0.25, 0.3) is 0 Å². The van der Waals surface area contributed by atoms with Gasteiger partial charge in [0.15, 0.2) is 0 Å². The van der Waals surface area contributed by atoms with Crippen molar-refractivity contribution < 1.29 is 19.0 Å². The van der Waals surface area contributed by atoms with Crippen LogP contribution >= 0.6 is 0 Å². The maximum absolute atomic E-state index is 13.0. The molecule has 0 atom stereocenters. The van der Waals surface area contributed by atoms with Crippen LogP contribution in [0.2, 0.25) is 0 Å². The zero-order valence-electron chi connectivity index (χ0n) is 17.0. The fourth-order valence-electron chi connectivity index (χ4n) is 4.95. The monoisotopic (exact) mass is 404 g/mol. The second-order valence-electron chi connectivity index (χ2n) is 9.17. The molecule has 4 aliphatic rings. The standard InChI is InChI=1S/C24H24N2O4/c1-23-13-24(14-23,15-28-23)26-12-16-10-19(22(27)30-18-6-3-2-4-7-18)21(11-20(16)25-26)29-17-8-5-9-17/h2-4,6-7,10-12,17H,5,8-9,13-15H2,1H3. The molecule has 30 heavy (non-hydrogen) atoms. The number of rotatable bonds is 5. The lowest BCUT2D eigenvalue weighted by Crippen LogP contribution is -2.49. The molecule has 4 fully saturated rings. The van der Waals surface area contributed by atoms with E-state index >= 15 is 0 Å². The second kappa shape index (κ2) is 6.32. The molecule has 0 radical (unpaired) electrons. The van der Waals surface area contributed by atoms with Crippen LogP contribution in [0.3, 0.4) is 0 Å². The summed E-state index contributed by atoms with van der Waals surface area (Å²) in [6.45, 7) is 2.84. The van der Waals surface area contributed by atoms with Crippen LogP contribution in [0.5, 0.6) is 11.5 Å². The molecule has 7 rings (SSSR count). The first-order valence-corrected chi connectivity index (χ1v) is 10.6. The van der Waals surface area contributed by atoms with Crippen molar-refractivity contribution in [3.05, 3.63) is 54.2 Å². The van der Waals surface area contributed by atoms with Gasteiger partial charge in [-0.3, -0.25) is 4.68 Å². The van der Waals surface area contributed by atoms with E-state index in [1.54, 1.807) is 12.1 Å². The SMILES string of the molecule is CC12CC(n3cc4cc(C(=O)Oc5ccccc5)c(OC5CCC5)cc4n3)(CO1)C2. The Hall–Kier alpha value is -2.86. The van der Waals surface area contributed by atoms with Crippen LogP contribution in [0.25, 0.3) is 10.9 Å².